The minimum atomic E-state index is -0.889. The van der Waals surface area contributed by atoms with E-state index in [0.717, 1.165) is 26.2 Å². The Hall–Kier alpha value is -1.08. The fourth-order valence-corrected chi connectivity index (χ4v) is 2.83. The van der Waals surface area contributed by atoms with Gasteiger partial charge in [0.1, 0.15) is 10.7 Å². The number of nitrogens with zero attached hydrogens (tertiary/aromatic N) is 1. The van der Waals surface area contributed by atoms with Gasteiger partial charge >= 0.3 is 6.03 Å². The van der Waals surface area contributed by atoms with Gasteiger partial charge in [-0.05, 0) is 24.1 Å². The van der Waals surface area contributed by atoms with Crippen LogP contribution < -0.4 is 15.6 Å². The molecule has 1 saturated heterocycles. The Balaban J connectivity index is 1.98. The summed E-state index contributed by atoms with van der Waals surface area (Å²) in [6.45, 7) is 5.13. The van der Waals surface area contributed by atoms with Gasteiger partial charge in [-0.15, -0.1) is 23.2 Å². The van der Waals surface area contributed by atoms with Crippen LogP contribution in [0.4, 0.5) is 9.18 Å². The first-order chi connectivity index (χ1) is 10.9. The molecule has 0 bridgehead atoms. The molecule has 2 amide bonds. The second-order valence-corrected chi connectivity index (χ2v) is 7.01. The number of alkyl halides is 2. The number of amides is 2. The van der Waals surface area contributed by atoms with Gasteiger partial charge < -0.3 is 10.2 Å². The van der Waals surface area contributed by atoms with Crippen molar-refractivity contribution in [1.82, 2.24) is 15.8 Å². The number of benzene rings is 1. The summed E-state index contributed by atoms with van der Waals surface area (Å²) in [5.41, 5.74) is 3.83. The van der Waals surface area contributed by atoms with Crippen molar-refractivity contribution >= 4 is 29.2 Å². The number of quaternary nitrogens is 1. The van der Waals surface area contributed by atoms with Crippen molar-refractivity contribution in [2.45, 2.75) is 17.8 Å². The molecule has 0 aliphatic carbocycles. The Morgan fingerprint density at radius 3 is 2.57 bits per heavy atom. The molecule has 128 valence electrons. The summed E-state index contributed by atoms with van der Waals surface area (Å²) >= 11 is 11.9. The van der Waals surface area contributed by atoms with Crippen molar-refractivity contribution in [1.29, 1.82) is 0 Å². The number of piperazine rings is 1. The molecule has 0 saturated carbocycles. The highest BCUT2D eigenvalue weighted by Gasteiger charge is 2.24. The second-order valence-electron chi connectivity index (χ2n) is 5.85. The standard InChI is InChI=1S/C15H21Cl2FN4O/c1-10-3-4-11(9-12(10)18)13(14(16)17)19-15(23)20-22-7-5-21(2)6-8-22/h3-4,9,13-14H,5-8H2,1-2H3,(H2,19,20,23)/p+1/t13-/m1/s1. The van der Waals surface area contributed by atoms with Crippen molar-refractivity contribution in [3.8, 4) is 0 Å². The van der Waals surface area contributed by atoms with Crippen LogP contribution >= 0.6 is 23.2 Å². The monoisotopic (exact) mass is 363 g/mol. The number of hydrazine groups is 1. The van der Waals surface area contributed by atoms with Crippen molar-refractivity contribution in [3.05, 3.63) is 35.1 Å². The molecule has 1 aromatic carbocycles. The molecule has 23 heavy (non-hydrogen) atoms. The van der Waals surface area contributed by atoms with Crippen molar-refractivity contribution in [2.75, 3.05) is 33.2 Å². The smallest absolute Gasteiger partial charge is 0.329 e. The lowest BCUT2D eigenvalue weighted by Crippen LogP contribution is -3.12. The number of hydrogen-bond donors (Lipinski definition) is 3. The number of likely N-dealkylation sites (N-methyl/N-ethyl adjacent to an activating group) is 1. The van der Waals surface area contributed by atoms with Crippen molar-refractivity contribution in [2.24, 2.45) is 0 Å². The number of aryl methyl sites for hydroxylation is 1. The van der Waals surface area contributed by atoms with E-state index in [9.17, 15) is 9.18 Å². The van der Waals surface area contributed by atoms with E-state index in [4.69, 9.17) is 23.2 Å². The fraction of sp³-hybridized carbons (Fsp3) is 0.533. The Labute approximate surface area is 145 Å². The van der Waals surface area contributed by atoms with Crippen LogP contribution in [0.15, 0.2) is 18.2 Å². The van der Waals surface area contributed by atoms with Crippen LogP contribution in [0.5, 0.6) is 0 Å². The van der Waals surface area contributed by atoms with Crippen LogP contribution in [-0.2, 0) is 0 Å². The first-order valence-corrected chi connectivity index (χ1v) is 8.41. The molecule has 8 heteroatoms. The van der Waals surface area contributed by atoms with Crippen LogP contribution in [0.2, 0.25) is 0 Å². The second kappa shape index (κ2) is 8.15. The predicted octanol–water partition coefficient (Wildman–Crippen LogP) is 1.02. The Morgan fingerprint density at radius 2 is 2.00 bits per heavy atom. The average molecular weight is 364 g/mol. The van der Waals surface area contributed by atoms with Gasteiger partial charge in [-0.1, -0.05) is 12.1 Å². The van der Waals surface area contributed by atoms with E-state index in [1.807, 2.05) is 5.01 Å². The van der Waals surface area contributed by atoms with Gasteiger partial charge in [-0.25, -0.2) is 14.2 Å². The highest BCUT2D eigenvalue weighted by molar-refractivity contribution is 6.44. The molecule has 1 atom stereocenters. The van der Waals surface area contributed by atoms with Crippen LogP contribution in [-0.4, -0.2) is 49.1 Å². The molecule has 3 N–H and O–H groups in total. The van der Waals surface area contributed by atoms with E-state index in [2.05, 4.69) is 17.8 Å². The molecule has 0 spiro atoms. The third-order valence-electron chi connectivity index (χ3n) is 3.97. The Morgan fingerprint density at radius 1 is 1.35 bits per heavy atom. The molecular formula is C15H22Cl2FN4O+. The number of carbonyl (C=O) groups is 1. The third-order valence-corrected chi connectivity index (χ3v) is 4.47. The normalized spacial score (nSPS) is 18.0. The molecule has 1 fully saturated rings. The number of urea groups is 1. The first kappa shape index (κ1) is 18.3. The summed E-state index contributed by atoms with van der Waals surface area (Å²) in [6.07, 6.45) is 0. The number of hydrogen-bond acceptors (Lipinski definition) is 2. The maximum atomic E-state index is 13.7. The van der Waals surface area contributed by atoms with E-state index >= 15 is 0 Å². The zero-order valence-corrected chi connectivity index (χ0v) is 14.7. The number of carbonyl (C=O) groups excluding carboxylic acids is 1. The van der Waals surface area contributed by atoms with Gasteiger partial charge in [0, 0.05) is 0 Å². The maximum Gasteiger partial charge on any atom is 0.329 e. The third kappa shape index (κ3) is 5.21. The summed E-state index contributed by atoms with van der Waals surface area (Å²) in [7, 11) is 2.12. The lowest BCUT2D eigenvalue weighted by molar-refractivity contribution is -0.884. The molecule has 0 unspecified atom stereocenters. The molecule has 1 aliphatic rings. The van der Waals surface area contributed by atoms with Gasteiger partial charge in [-0.2, -0.15) is 0 Å². The maximum absolute atomic E-state index is 13.7. The molecule has 1 heterocycles. The van der Waals surface area contributed by atoms with Gasteiger partial charge in [0.15, 0.2) is 0 Å². The Kier molecular flexibility index (Phi) is 6.47. The van der Waals surface area contributed by atoms with E-state index in [0.29, 0.717) is 11.1 Å². The van der Waals surface area contributed by atoms with E-state index in [1.54, 1.807) is 19.1 Å². The summed E-state index contributed by atoms with van der Waals surface area (Å²) < 4.78 is 13.7. The molecule has 0 aromatic heterocycles. The molecule has 0 radical (unpaired) electrons. The van der Waals surface area contributed by atoms with E-state index in [-0.39, 0.29) is 5.82 Å². The largest absolute Gasteiger partial charge is 0.335 e. The molecule has 5 nitrogen and oxygen atoms in total. The summed E-state index contributed by atoms with van der Waals surface area (Å²) in [4.78, 5) is 12.7. The van der Waals surface area contributed by atoms with Crippen molar-refractivity contribution in [3.63, 3.8) is 0 Å². The molecule has 1 aromatic rings. The SMILES string of the molecule is Cc1ccc([C@@H](NC(=O)NN2CC[NH+](C)CC2)C(Cl)Cl)cc1F. The number of halogens is 3. The average Bonchev–Trinajstić information content (AvgIpc) is 2.50. The lowest BCUT2D eigenvalue weighted by atomic mass is 10.1. The van der Waals surface area contributed by atoms with Crippen LogP contribution in [0.3, 0.4) is 0 Å². The van der Waals surface area contributed by atoms with Gasteiger partial charge in [0.25, 0.3) is 0 Å². The molecule has 1 aliphatic heterocycles. The fourth-order valence-electron chi connectivity index (χ4n) is 2.41. The number of rotatable bonds is 4. The molecule has 2 rings (SSSR count). The summed E-state index contributed by atoms with van der Waals surface area (Å²) in [5.74, 6) is -0.356. The van der Waals surface area contributed by atoms with E-state index in [1.165, 1.54) is 11.0 Å². The minimum absolute atomic E-state index is 0.356. The van der Waals surface area contributed by atoms with Gasteiger partial charge in [0.05, 0.1) is 39.3 Å². The van der Waals surface area contributed by atoms with Crippen LogP contribution in [0, 0.1) is 12.7 Å². The molecular weight excluding hydrogens is 342 g/mol. The first-order valence-electron chi connectivity index (χ1n) is 7.54. The quantitative estimate of drug-likeness (QED) is 0.699. The zero-order chi connectivity index (χ0) is 17.0. The Bertz CT molecular complexity index is 550. The predicted molar refractivity (Wildman–Crippen MR) is 89.2 cm³/mol. The summed E-state index contributed by atoms with van der Waals surface area (Å²) in [5, 5.41) is 4.56. The highest BCUT2D eigenvalue weighted by atomic mass is 35.5. The lowest BCUT2D eigenvalue weighted by Gasteiger charge is -2.31. The van der Waals surface area contributed by atoms with Gasteiger partial charge in [-0.3, -0.25) is 5.43 Å². The van der Waals surface area contributed by atoms with Gasteiger partial charge in [0.2, 0.25) is 0 Å². The minimum Gasteiger partial charge on any atom is -0.335 e. The zero-order valence-electron chi connectivity index (χ0n) is 13.2. The van der Waals surface area contributed by atoms with Crippen LogP contribution in [0.25, 0.3) is 0 Å². The van der Waals surface area contributed by atoms with Crippen LogP contribution in [0.1, 0.15) is 17.2 Å². The topological polar surface area (TPSA) is 48.8 Å². The summed E-state index contributed by atoms with van der Waals surface area (Å²) in [6, 6.07) is 3.60. The van der Waals surface area contributed by atoms with Crippen molar-refractivity contribution < 1.29 is 14.1 Å². The number of nitrogens with one attached hydrogen (secondary N) is 3. The highest BCUT2D eigenvalue weighted by Crippen LogP contribution is 2.25. The van der Waals surface area contributed by atoms with E-state index < -0.39 is 16.9 Å².